The number of hydrogen-bond donors (Lipinski definition) is 4. The van der Waals surface area contributed by atoms with Crippen LogP contribution in [0.4, 0.5) is 0 Å². The molecule has 0 aliphatic carbocycles. The number of benzene rings is 2. The van der Waals surface area contributed by atoms with Gasteiger partial charge < -0.3 is 29.6 Å². The van der Waals surface area contributed by atoms with Crippen molar-refractivity contribution in [2.24, 2.45) is 5.16 Å². The Morgan fingerprint density at radius 3 is 2.20 bits per heavy atom. The van der Waals surface area contributed by atoms with E-state index in [-0.39, 0.29) is 18.6 Å². The number of aromatic nitrogens is 2. The van der Waals surface area contributed by atoms with Gasteiger partial charge in [0.25, 0.3) is 5.56 Å². The number of nitrogens with zero attached hydrogens (tertiary/aromatic N) is 2. The molecule has 1 aliphatic heterocycles. The molecule has 1 saturated heterocycles. The molecule has 3 aromatic rings. The maximum atomic E-state index is 12.2. The van der Waals surface area contributed by atoms with Gasteiger partial charge >= 0.3 is 17.6 Å². The molecule has 13 nitrogen and oxygen atoms in total. The number of aliphatic hydroxyl groups excluding tert-OH is 2. The smallest absolute Gasteiger partial charge is 0.330 e. The molecule has 0 amide bonds. The SMILES string of the molecule is Cc1ccc(/C(=N\O)c2ccc(OC(=O)CCC(=O)OC[C@H]3OC(n4ccc(=O)[nH]c4=O)[C@H](O)[C@@H]3O)cc2)cc1. The number of hydrogen-bond acceptors (Lipinski definition) is 11. The second-order valence-electron chi connectivity index (χ2n) is 9.06. The van der Waals surface area contributed by atoms with Gasteiger partial charge in [-0.2, -0.15) is 0 Å². The second-order valence-corrected chi connectivity index (χ2v) is 9.06. The summed E-state index contributed by atoms with van der Waals surface area (Å²) in [6.45, 7) is 1.50. The third-order valence-corrected chi connectivity index (χ3v) is 6.19. The average molecular weight is 554 g/mol. The summed E-state index contributed by atoms with van der Waals surface area (Å²) in [5.41, 5.74) is 1.24. The third kappa shape index (κ3) is 6.69. The number of rotatable bonds is 9. The molecule has 13 heteroatoms. The Kier molecular flexibility index (Phi) is 8.89. The quantitative estimate of drug-likeness (QED) is 0.0961. The van der Waals surface area contributed by atoms with E-state index < -0.39 is 54.3 Å². The minimum absolute atomic E-state index is 0.225. The fourth-order valence-electron chi connectivity index (χ4n) is 4.03. The summed E-state index contributed by atoms with van der Waals surface area (Å²) >= 11 is 0. The molecular formula is C27H27N3O10. The van der Waals surface area contributed by atoms with Gasteiger partial charge in [-0.3, -0.25) is 23.9 Å². The van der Waals surface area contributed by atoms with E-state index >= 15 is 0 Å². The molecule has 1 unspecified atom stereocenters. The van der Waals surface area contributed by atoms with Crippen LogP contribution in [0.15, 0.2) is 75.5 Å². The number of oxime groups is 1. The highest BCUT2D eigenvalue weighted by Crippen LogP contribution is 2.28. The largest absolute Gasteiger partial charge is 0.463 e. The lowest BCUT2D eigenvalue weighted by atomic mass is 10.0. The maximum absolute atomic E-state index is 12.2. The van der Waals surface area contributed by atoms with Gasteiger partial charge in [-0.25, -0.2) is 4.79 Å². The van der Waals surface area contributed by atoms with Gasteiger partial charge in [0, 0.05) is 23.4 Å². The highest BCUT2D eigenvalue weighted by Gasteiger charge is 2.44. The Hall–Kier alpha value is -4.59. The normalized spacial score (nSPS) is 20.7. The molecule has 0 spiro atoms. The lowest BCUT2D eigenvalue weighted by Gasteiger charge is -2.16. The van der Waals surface area contributed by atoms with Gasteiger partial charge in [-0.1, -0.05) is 35.0 Å². The maximum Gasteiger partial charge on any atom is 0.330 e. The zero-order valence-electron chi connectivity index (χ0n) is 21.3. The van der Waals surface area contributed by atoms with Crippen molar-refractivity contribution < 1.29 is 39.2 Å². The van der Waals surface area contributed by atoms with Crippen molar-refractivity contribution in [1.29, 1.82) is 0 Å². The highest BCUT2D eigenvalue weighted by atomic mass is 16.6. The number of aromatic amines is 1. The van der Waals surface area contributed by atoms with Crippen LogP contribution in [0.5, 0.6) is 5.75 Å². The van der Waals surface area contributed by atoms with Crippen molar-refractivity contribution in [1.82, 2.24) is 9.55 Å². The van der Waals surface area contributed by atoms with Gasteiger partial charge in [-0.05, 0) is 31.2 Å². The topological polar surface area (TPSA) is 190 Å². The molecule has 4 atom stereocenters. The van der Waals surface area contributed by atoms with E-state index in [1.807, 2.05) is 36.2 Å². The number of carbonyl (C=O) groups excluding carboxylic acids is 2. The summed E-state index contributed by atoms with van der Waals surface area (Å²) in [7, 11) is 0. The molecule has 0 bridgehead atoms. The minimum atomic E-state index is -1.52. The molecule has 210 valence electrons. The highest BCUT2D eigenvalue weighted by molar-refractivity contribution is 6.12. The first kappa shape index (κ1) is 28.4. The summed E-state index contributed by atoms with van der Waals surface area (Å²) in [5, 5.41) is 33.3. The number of carbonyl (C=O) groups is 2. The van der Waals surface area contributed by atoms with Crippen LogP contribution in [0.3, 0.4) is 0 Å². The Balaban J connectivity index is 1.24. The van der Waals surface area contributed by atoms with Gasteiger partial charge in [0.15, 0.2) is 6.23 Å². The summed E-state index contributed by atoms with van der Waals surface area (Å²) in [6.07, 6.45) is -4.96. The van der Waals surface area contributed by atoms with Crippen molar-refractivity contribution >= 4 is 17.7 Å². The molecule has 40 heavy (non-hydrogen) atoms. The summed E-state index contributed by atoms with van der Waals surface area (Å²) < 4.78 is 16.7. The molecule has 1 aromatic heterocycles. The van der Waals surface area contributed by atoms with E-state index in [1.165, 1.54) is 12.1 Å². The first-order valence-corrected chi connectivity index (χ1v) is 12.2. The van der Waals surface area contributed by atoms with Crippen LogP contribution in [0.25, 0.3) is 0 Å². The van der Waals surface area contributed by atoms with Crippen molar-refractivity contribution in [2.75, 3.05) is 6.61 Å². The molecule has 0 saturated carbocycles. The first-order valence-electron chi connectivity index (χ1n) is 12.2. The summed E-state index contributed by atoms with van der Waals surface area (Å²) in [5.74, 6) is -1.24. The molecular weight excluding hydrogens is 526 g/mol. The Morgan fingerprint density at radius 1 is 0.950 bits per heavy atom. The predicted octanol–water partition coefficient (Wildman–Crippen LogP) is 0.620. The van der Waals surface area contributed by atoms with Crippen LogP contribution < -0.4 is 16.0 Å². The van der Waals surface area contributed by atoms with Crippen LogP contribution in [0.2, 0.25) is 0 Å². The Labute approximate surface area is 226 Å². The lowest BCUT2D eigenvalue weighted by molar-refractivity contribution is -0.152. The summed E-state index contributed by atoms with van der Waals surface area (Å²) in [4.78, 5) is 49.5. The number of nitrogens with one attached hydrogen (secondary N) is 1. The van der Waals surface area contributed by atoms with Crippen LogP contribution in [0.1, 0.15) is 35.8 Å². The standard InChI is InChI=1S/C27H27N3O10/c1-15-2-4-16(5-3-15)23(29-37)17-6-8-18(9-7-17)39-22(33)11-10-21(32)38-14-19-24(34)25(35)26(40-19)30-13-12-20(31)28-27(30)36/h2-9,12-13,19,24-26,34-35,37H,10-11,14H2,1H3,(H,28,31,36)/b29-23+/t19-,24-,25-,26?/m1/s1. The van der Waals surface area contributed by atoms with Crippen molar-refractivity contribution in [3.8, 4) is 5.75 Å². The van der Waals surface area contributed by atoms with E-state index in [4.69, 9.17) is 14.2 Å². The predicted molar refractivity (Wildman–Crippen MR) is 138 cm³/mol. The first-order chi connectivity index (χ1) is 19.2. The van der Waals surface area contributed by atoms with Crippen LogP contribution >= 0.6 is 0 Å². The minimum Gasteiger partial charge on any atom is -0.463 e. The van der Waals surface area contributed by atoms with Crippen LogP contribution in [-0.4, -0.2) is 67.5 Å². The van der Waals surface area contributed by atoms with Crippen LogP contribution in [0, 0.1) is 6.92 Å². The van der Waals surface area contributed by atoms with Gasteiger partial charge in [-0.15, -0.1) is 0 Å². The zero-order chi connectivity index (χ0) is 28.8. The molecule has 2 heterocycles. The lowest BCUT2D eigenvalue weighted by Crippen LogP contribution is -2.37. The molecule has 0 radical (unpaired) electrons. The zero-order valence-corrected chi connectivity index (χ0v) is 21.3. The molecule has 1 fully saturated rings. The number of aryl methyl sites for hydroxylation is 1. The van der Waals surface area contributed by atoms with Crippen molar-refractivity contribution in [2.45, 2.75) is 44.3 Å². The van der Waals surface area contributed by atoms with Gasteiger partial charge in [0.2, 0.25) is 0 Å². The third-order valence-electron chi connectivity index (χ3n) is 6.19. The summed E-state index contributed by atoms with van der Waals surface area (Å²) in [6, 6.07) is 14.8. The van der Waals surface area contributed by atoms with Crippen LogP contribution in [-0.2, 0) is 19.1 Å². The number of esters is 2. The number of aliphatic hydroxyl groups is 2. The van der Waals surface area contributed by atoms with E-state index in [0.717, 1.165) is 22.4 Å². The Bertz CT molecular complexity index is 1490. The molecule has 2 aromatic carbocycles. The van der Waals surface area contributed by atoms with E-state index in [2.05, 4.69) is 5.16 Å². The molecule has 4 rings (SSSR count). The Morgan fingerprint density at radius 2 is 1.57 bits per heavy atom. The van der Waals surface area contributed by atoms with E-state index in [9.17, 15) is 34.6 Å². The van der Waals surface area contributed by atoms with Crippen molar-refractivity contribution in [3.63, 3.8) is 0 Å². The number of ether oxygens (including phenoxy) is 3. The molecule has 1 aliphatic rings. The van der Waals surface area contributed by atoms with Crippen molar-refractivity contribution in [3.05, 3.63) is 98.3 Å². The van der Waals surface area contributed by atoms with Gasteiger partial charge in [0.1, 0.15) is 36.4 Å². The number of H-pyrrole nitrogens is 1. The second kappa shape index (κ2) is 12.5. The fraction of sp³-hybridized carbons (Fsp3) is 0.296. The van der Waals surface area contributed by atoms with E-state index in [1.54, 1.807) is 12.1 Å². The van der Waals surface area contributed by atoms with E-state index in [0.29, 0.717) is 16.8 Å². The van der Waals surface area contributed by atoms with Gasteiger partial charge in [0.05, 0.1) is 12.8 Å². The molecule has 4 N–H and O–H groups in total. The average Bonchev–Trinajstić information content (AvgIpc) is 3.21. The monoisotopic (exact) mass is 553 g/mol. The fourth-order valence-corrected chi connectivity index (χ4v) is 4.03.